The van der Waals surface area contributed by atoms with Crippen LogP contribution < -0.4 is 4.74 Å². The van der Waals surface area contributed by atoms with E-state index in [4.69, 9.17) is 4.74 Å². The number of rotatable bonds is 7. The van der Waals surface area contributed by atoms with Gasteiger partial charge in [0.15, 0.2) is 0 Å². The first-order valence-corrected chi connectivity index (χ1v) is 11.1. The Morgan fingerprint density at radius 1 is 0.938 bits per heavy atom. The van der Waals surface area contributed by atoms with Crippen LogP contribution in [0.15, 0.2) is 72.3 Å². The zero-order chi connectivity index (χ0) is 22.7. The fourth-order valence-corrected chi connectivity index (χ4v) is 4.24. The van der Waals surface area contributed by atoms with Gasteiger partial charge in [0.25, 0.3) is 11.7 Å². The summed E-state index contributed by atoms with van der Waals surface area (Å²) in [5.74, 6) is -0.641. The number of ether oxygens (including phenoxy) is 1. The van der Waals surface area contributed by atoms with Gasteiger partial charge in [-0.1, -0.05) is 68.4 Å². The molecule has 1 amide bonds. The number of Topliss-reactive ketones (excluding diaryl/α,β-unsaturated/α-hetero) is 1. The first kappa shape index (κ1) is 21.6. The van der Waals surface area contributed by atoms with Crippen LogP contribution in [0, 0.1) is 0 Å². The Balaban J connectivity index is 1.86. The third-order valence-electron chi connectivity index (χ3n) is 5.72. The molecule has 0 aromatic heterocycles. The first-order valence-electron chi connectivity index (χ1n) is 11.1. The molecule has 0 bridgehead atoms. The van der Waals surface area contributed by atoms with E-state index in [1.165, 1.54) is 0 Å². The van der Waals surface area contributed by atoms with Crippen LogP contribution >= 0.6 is 0 Å². The third kappa shape index (κ3) is 3.86. The molecule has 4 rings (SSSR count). The Bertz CT molecular complexity index is 1170. The first-order chi connectivity index (χ1) is 15.6. The van der Waals surface area contributed by atoms with Crippen molar-refractivity contribution < 1.29 is 19.4 Å². The maximum absolute atomic E-state index is 13.1. The number of aliphatic hydroxyl groups excluding tert-OH is 1. The number of hydrogen-bond acceptors (Lipinski definition) is 4. The highest BCUT2D eigenvalue weighted by atomic mass is 16.5. The van der Waals surface area contributed by atoms with Gasteiger partial charge in [-0.05, 0) is 41.3 Å². The molecule has 3 aromatic carbocycles. The lowest BCUT2D eigenvalue weighted by Gasteiger charge is -2.25. The fraction of sp³-hybridized carbons (Fsp3) is 0.259. The molecule has 0 saturated carbocycles. The van der Waals surface area contributed by atoms with Crippen molar-refractivity contribution in [2.24, 2.45) is 0 Å². The molecule has 0 spiro atoms. The van der Waals surface area contributed by atoms with E-state index in [1.807, 2.05) is 74.5 Å². The summed E-state index contributed by atoms with van der Waals surface area (Å²) in [5, 5.41) is 13.1. The van der Waals surface area contributed by atoms with Crippen LogP contribution in [0.25, 0.3) is 16.5 Å². The summed E-state index contributed by atoms with van der Waals surface area (Å²) in [6, 6.07) is 20.0. The van der Waals surface area contributed by atoms with E-state index in [9.17, 15) is 14.7 Å². The van der Waals surface area contributed by atoms with Gasteiger partial charge in [0, 0.05) is 12.1 Å². The smallest absolute Gasteiger partial charge is 0.295 e. The van der Waals surface area contributed by atoms with Gasteiger partial charge in [-0.2, -0.15) is 0 Å². The normalized spacial score (nSPS) is 17.8. The van der Waals surface area contributed by atoms with Crippen molar-refractivity contribution in [1.82, 2.24) is 4.90 Å². The molecule has 0 aliphatic carbocycles. The number of carbonyl (C=O) groups is 2. The Hall–Kier alpha value is -3.60. The molecular formula is C27H27NO4. The largest absolute Gasteiger partial charge is 0.507 e. The predicted molar refractivity (Wildman–Crippen MR) is 125 cm³/mol. The summed E-state index contributed by atoms with van der Waals surface area (Å²) < 4.78 is 5.67. The molecular weight excluding hydrogens is 402 g/mol. The summed E-state index contributed by atoms with van der Waals surface area (Å²) in [7, 11) is 0. The maximum Gasteiger partial charge on any atom is 0.295 e. The maximum atomic E-state index is 13.1. The molecule has 0 radical (unpaired) electrons. The number of hydrogen-bond donors (Lipinski definition) is 1. The van der Waals surface area contributed by atoms with Crippen molar-refractivity contribution in [3.05, 3.63) is 83.4 Å². The van der Waals surface area contributed by atoms with Gasteiger partial charge in [-0.15, -0.1) is 0 Å². The van der Waals surface area contributed by atoms with Crippen molar-refractivity contribution >= 4 is 28.2 Å². The van der Waals surface area contributed by atoms with Crippen LogP contribution in [0.2, 0.25) is 0 Å². The van der Waals surface area contributed by atoms with E-state index in [0.29, 0.717) is 25.1 Å². The Morgan fingerprint density at radius 3 is 2.38 bits per heavy atom. The van der Waals surface area contributed by atoms with Crippen molar-refractivity contribution in [3.63, 3.8) is 0 Å². The summed E-state index contributed by atoms with van der Waals surface area (Å²) in [6.07, 6.45) is 1.61. The van der Waals surface area contributed by atoms with Crippen LogP contribution in [0.1, 0.15) is 43.9 Å². The van der Waals surface area contributed by atoms with Gasteiger partial charge in [-0.3, -0.25) is 9.59 Å². The molecule has 3 aromatic rings. The molecule has 164 valence electrons. The molecule has 5 heteroatoms. The van der Waals surface area contributed by atoms with Crippen LogP contribution in [0.5, 0.6) is 5.75 Å². The van der Waals surface area contributed by atoms with E-state index >= 15 is 0 Å². The number of amides is 1. The molecule has 1 heterocycles. The highest BCUT2D eigenvalue weighted by Gasteiger charge is 2.45. The number of nitrogens with zero attached hydrogens (tertiary/aromatic N) is 1. The molecule has 1 N–H and O–H groups in total. The monoisotopic (exact) mass is 429 g/mol. The second kappa shape index (κ2) is 9.27. The van der Waals surface area contributed by atoms with Crippen molar-refractivity contribution in [2.75, 3.05) is 13.2 Å². The number of carbonyl (C=O) groups excluding carboxylic acids is 2. The van der Waals surface area contributed by atoms with Gasteiger partial charge in [0.2, 0.25) is 0 Å². The Labute approximate surface area is 187 Å². The zero-order valence-corrected chi connectivity index (χ0v) is 18.4. The lowest BCUT2D eigenvalue weighted by molar-refractivity contribution is -0.139. The summed E-state index contributed by atoms with van der Waals surface area (Å²) in [6.45, 7) is 5.05. The highest BCUT2D eigenvalue weighted by Crippen LogP contribution is 2.40. The second-order valence-corrected chi connectivity index (χ2v) is 7.94. The molecule has 1 aliphatic heterocycles. The Kier molecular flexibility index (Phi) is 6.26. The molecule has 1 aliphatic rings. The molecule has 1 fully saturated rings. The minimum atomic E-state index is -0.653. The zero-order valence-electron chi connectivity index (χ0n) is 18.4. The minimum Gasteiger partial charge on any atom is -0.507 e. The molecule has 5 nitrogen and oxygen atoms in total. The van der Waals surface area contributed by atoms with Crippen LogP contribution in [-0.2, 0) is 9.59 Å². The summed E-state index contributed by atoms with van der Waals surface area (Å²) in [4.78, 5) is 27.6. The standard InChI is InChI=1S/C27H27NO4/c1-3-16-28-24(19-12-14-20(15-13-19)32-17-4-2)23(26(30)27(28)31)25(29)22-11-7-9-18-8-5-6-10-21(18)22/h5-15,24,29H,3-4,16-17H2,1-2H3/b25-23-. The number of likely N-dealkylation sites (tertiary alicyclic amines) is 1. The molecule has 1 unspecified atom stereocenters. The topological polar surface area (TPSA) is 66.8 Å². The quantitative estimate of drug-likeness (QED) is 0.308. The van der Waals surface area contributed by atoms with Crippen molar-refractivity contribution in [1.29, 1.82) is 0 Å². The van der Waals surface area contributed by atoms with Crippen molar-refractivity contribution in [2.45, 2.75) is 32.7 Å². The van der Waals surface area contributed by atoms with E-state index in [2.05, 4.69) is 0 Å². The van der Waals surface area contributed by atoms with Gasteiger partial charge >= 0.3 is 0 Å². The molecule has 1 saturated heterocycles. The molecule has 32 heavy (non-hydrogen) atoms. The number of fused-ring (bicyclic) bond motifs is 1. The average Bonchev–Trinajstić information content (AvgIpc) is 3.07. The number of ketones is 1. The molecule has 1 atom stereocenters. The average molecular weight is 430 g/mol. The summed E-state index contributed by atoms with van der Waals surface area (Å²) in [5.41, 5.74) is 1.44. The van der Waals surface area contributed by atoms with E-state index < -0.39 is 17.7 Å². The van der Waals surface area contributed by atoms with Gasteiger partial charge < -0.3 is 14.7 Å². The lowest BCUT2D eigenvalue weighted by atomic mass is 9.93. The fourth-order valence-electron chi connectivity index (χ4n) is 4.24. The highest BCUT2D eigenvalue weighted by molar-refractivity contribution is 6.46. The number of benzene rings is 3. The predicted octanol–water partition coefficient (Wildman–Crippen LogP) is 5.46. The van der Waals surface area contributed by atoms with Gasteiger partial charge in [0.1, 0.15) is 11.5 Å². The van der Waals surface area contributed by atoms with Crippen molar-refractivity contribution in [3.8, 4) is 5.75 Å². The third-order valence-corrected chi connectivity index (χ3v) is 5.72. The summed E-state index contributed by atoms with van der Waals surface area (Å²) >= 11 is 0. The Morgan fingerprint density at radius 2 is 1.66 bits per heavy atom. The minimum absolute atomic E-state index is 0.127. The van der Waals surface area contributed by atoms with Gasteiger partial charge in [0.05, 0.1) is 18.2 Å². The lowest BCUT2D eigenvalue weighted by Crippen LogP contribution is -2.30. The van der Waals surface area contributed by atoms with Crippen LogP contribution in [-0.4, -0.2) is 34.8 Å². The number of aliphatic hydroxyl groups is 1. The van der Waals surface area contributed by atoms with E-state index in [1.54, 1.807) is 11.0 Å². The SMILES string of the molecule is CCCOc1ccc(C2/C(=C(/O)c3cccc4ccccc34)C(=O)C(=O)N2CCC)cc1. The van der Waals surface area contributed by atoms with Crippen LogP contribution in [0.3, 0.4) is 0 Å². The van der Waals surface area contributed by atoms with Gasteiger partial charge in [-0.25, -0.2) is 0 Å². The van der Waals surface area contributed by atoms with Crippen LogP contribution in [0.4, 0.5) is 0 Å². The van der Waals surface area contributed by atoms with E-state index in [0.717, 1.165) is 28.5 Å². The second-order valence-electron chi connectivity index (χ2n) is 7.94. The van der Waals surface area contributed by atoms with E-state index in [-0.39, 0.29) is 11.3 Å².